The van der Waals surface area contributed by atoms with Crippen molar-refractivity contribution in [3.05, 3.63) is 64.5 Å². The number of aliphatic imine (C=N–C) groups is 1. The summed E-state index contributed by atoms with van der Waals surface area (Å²) in [5.41, 5.74) is 1.45. The number of rotatable bonds is 3. The van der Waals surface area contributed by atoms with E-state index in [9.17, 15) is 10.1 Å². The predicted octanol–water partition coefficient (Wildman–Crippen LogP) is 2.74. The van der Waals surface area contributed by atoms with Gasteiger partial charge in [-0.1, -0.05) is 6.07 Å². The molecule has 84 valence electrons. The Balaban J connectivity index is 2.14. The van der Waals surface area contributed by atoms with Crippen LogP contribution in [0.4, 0.5) is 11.4 Å². The summed E-state index contributed by atoms with van der Waals surface area (Å²) in [6.07, 6.45) is 3.29. The number of nitro groups is 1. The van der Waals surface area contributed by atoms with E-state index in [4.69, 9.17) is 0 Å². The number of benzene rings is 1. The minimum absolute atomic E-state index is 0.0572. The highest BCUT2D eigenvalue weighted by Crippen LogP contribution is 2.17. The Kier molecular flexibility index (Phi) is 3.20. The van der Waals surface area contributed by atoms with Crippen LogP contribution in [0.5, 0.6) is 0 Å². The zero-order valence-electron chi connectivity index (χ0n) is 8.85. The third kappa shape index (κ3) is 2.94. The second kappa shape index (κ2) is 4.98. The van der Waals surface area contributed by atoms with Gasteiger partial charge in [0.25, 0.3) is 5.69 Å². The van der Waals surface area contributed by atoms with Crippen LogP contribution in [-0.2, 0) is 0 Å². The maximum Gasteiger partial charge on any atom is 0.269 e. The van der Waals surface area contributed by atoms with Crippen molar-refractivity contribution in [1.82, 2.24) is 4.98 Å². The molecule has 0 fully saturated rings. The summed E-state index contributed by atoms with van der Waals surface area (Å²) in [7, 11) is 0. The number of hydrogen-bond donors (Lipinski definition) is 0. The predicted molar refractivity (Wildman–Crippen MR) is 64.6 cm³/mol. The van der Waals surface area contributed by atoms with Crippen LogP contribution in [0.3, 0.4) is 0 Å². The molecule has 1 heterocycles. The van der Waals surface area contributed by atoms with Crippen LogP contribution >= 0.6 is 0 Å². The molecule has 17 heavy (non-hydrogen) atoms. The fraction of sp³-hybridized carbons (Fsp3) is 0. The summed E-state index contributed by atoms with van der Waals surface area (Å²) in [5, 5.41) is 10.4. The molecule has 0 N–H and O–H groups in total. The third-order valence-electron chi connectivity index (χ3n) is 2.09. The number of nitro benzene ring substituents is 1. The Bertz CT molecular complexity index is 535. The fourth-order valence-electron chi connectivity index (χ4n) is 1.25. The Hall–Kier alpha value is -2.56. The molecule has 5 nitrogen and oxygen atoms in total. The first-order valence-electron chi connectivity index (χ1n) is 4.95. The normalized spacial score (nSPS) is 10.6. The first-order valence-corrected chi connectivity index (χ1v) is 4.95. The van der Waals surface area contributed by atoms with Crippen LogP contribution in [0.1, 0.15) is 5.69 Å². The minimum atomic E-state index is -0.438. The number of aromatic nitrogens is 1. The summed E-state index contributed by atoms with van der Waals surface area (Å²) in [4.78, 5) is 18.3. The molecule has 0 atom stereocenters. The quantitative estimate of drug-likeness (QED) is 0.460. The average Bonchev–Trinajstić information content (AvgIpc) is 2.38. The van der Waals surface area contributed by atoms with Gasteiger partial charge in [0.05, 0.1) is 22.5 Å². The van der Waals surface area contributed by atoms with Gasteiger partial charge in [0.15, 0.2) is 0 Å². The van der Waals surface area contributed by atoms with Gasteiger partial charge < -0.3 is 0 Å². The summed E-state index contributed by atoms with van der Waals surface area (Å²) >= 11 is 0. The van der Waals surface area contributed by atoms with Crippen molar-refractivity contribution < 1.29 is 4.92 Å². The molecule has 1 aromatic heterocycles. The Morgan fingerprint density at radius 1 is 1.18 bits per heavy atom. The van der Waals surface area contributed by atoms with Crippen molar-refractivity contribution >= 4 is 17.6 Å². The van der Waals surface area contributed by atoms with Crippen LogP contribution in [0, 0.1) is 10.1 Å². The minimum Gasteiger partial charge on any atom is -0.258 e. The van der Waals surface area contributed by atoms with E-state index in [-0.39, 0.29) is 5.69 Å². The molecule has 0 radical (unpaired) electrons. The number of pyridine rings is 1. The molecule has 0 aliphatic carbocycles. The lowest BCUT2D eigenvalue weighted by Crippen LogP contribution is -1.86. The van der Waals surface area contributed by atoms with E-state index in [0.29, 0.717) is 5.69 Å². The summed E-state index contributed by atoms with van der Waals surface area (Å²) in [5.74, 6) is 0. The van der Waals surface area contributed by atoms with Gasteiger partial charge in [0, 0.05) is 18.3 Å². The van der Waals surface area contributed by atoms with Crippen molar-refractivity contribution in [3.63, 3.8) is 0 Å². The van der Waals surface area contributed by atoms with Crippen LogP contribution < -0.4 is 0 Å². The lowest BCUT2D eigenvalue weighted by Gasteiger charge is -1.93. The van der Waals surface area contributed by atoms with Gasteiger partial charge in [0.1, 0.15) is 0 Å². The molecular weight excluding hydrogens is 218 g/mol. The molecule has 0 saturated carbocycles. The fourth-order valence-corrected chi connectivity index (χ4v) is 1.25. The zero-order chi connectivity index (χ0) is 12.1. The van der Waals surface area contributed by atoms with Gasteiger partial charge in [-0.25, -0.2) is 0 Å². The molecule has 0 amide bonds. The zero-order valence-corrected chi connectivity index (χ0v) is 8.85. The van der Waals surface area contributed by atoms with E-state index in [0.717, 1.165) is 5.69 Å². The lowest BCUT2D eigenvalue weighted by atomic mass is 10.3. The van der Waals surface area contributed by atoms with Crippen LogP contribution in [-0.4, -0.2) is 16.1 Å². The van der Waals surface area contributed by atoms with Crippen molar-refractivity contribution in [3.8, 4) is 0 Å². The van der Waals surface area contributed by atoms with Gasteiger partial charge in [-0.05, 0) is 24.3 Å². The number of hydrogen-bond acceptors (Lipinski definition) is 4. The first-order chi connectivity index (χ1) is 8.25. The molecule has 2 aromatic rings. The van der Waals surface area contributed by atoms with Crippen LogP contribution in [0.25, 0.3) is 0 Å². The van der Waals surface area contributed by atoms with Crippen molar-refractivity contribution in [2.45, 2.75) is 0 Å². The highest BCUT2D eigenvalue weighted by atomic mass is 16.6. The van der Waals surface area contributed by atoms with E-state index >= 15 is 0 Å². The van der Waals surface area contributed by atoms with E-state index < -0.39 is 4.92 Å². The van der Waals surface area contributed by atoms with Crippen LogP contribution in [0.15, 0.2) is 53.7 Å². The van der Waals surface area contributed by atoms with Gasteiger partial charge in [-0.2, -0.15) is 0 Å². The van der Waals surface area contributed by atoms with Crippen LogP contribution in [0.2, 0.25) is 0 Å². The topological polar surface area (TPSA) is 68.4 Å². The smallest absolute Gasteiger partial charge is 0.258 e. The molecule has 0 aliphatic rings. The lowest BCUT2D eigenvalue weighted by molar-refractivity contribution is -0.384. The maximum absolute atomic E-state index is 10.4. The van der Waals surface area contributed by atoms with Crippen molar-refractivity contribution in [1.29, 1.82) is 0 Å². The van der Waals surface area contributed by atoms with Crippen molar-refractivity contribution in [2.75, 3.05) is 0 Å². The molecule has 1 aromatic carbocycles. The van der Waals surface area contributed by atoms with E-state index in [2.05, 4.69) is 9.98 Å². The molecule has 0 aliphatic heterocycles. The van der Waals surface area contributed by atoms with E-state index in [1.165, 1.54) is 12.1 Å². The monoisotopic (exact) mass is 227 g/mol. The Labute approximate surface area is 97.6 Å². The maximum atomic E-state index is 10.4. The molecular formula is C12H9N3O2. The van der Waals surface area contributed by atoms with Gasteiger partial charge in [0.2, 0.25) is 0 Å². The second-order valence-electron chi connectivity index (χ2n) is 3.29. The molecule has 0 unspecified atom stereocenters. The largest absolute Gasteiger partial charge is 0.269 e. The third-order valence-corrected chi connectivity index (χ3v) is 2.09. The van der Waals surface area contributed by atoms with Gasteiger partial charge in [-0.3, -0.25) is 20.1 Å². The van der Waals surface area contributed by atoms with Gasteiger partial charge in [-0.15, -0.1) is 0 Å². The Morgan fingerprint density at radius 2 is 1.94 bits per heavy atom. The van der Waals surface area contributed by atoms with E-state index in [1.54, 1.807) is 24.5 Å². The first kappa shape index (κ1) is 10.9. The van der Waals surface area contributed by atoms with Crippen molar-refractivity contribution in [2.24, 2.45) is 4.99 Å². The summed E-state index contributed by atoms with van der Waals surface area (Å²) < 4.78 is 0. The molecule has 0 spiro atoms. The highest BCUT2D eigenvalue weighted by molar-refractivity contribution is 5.79. The molecule has 5 heteroatoms. The molecule has 0 bridgehead atoms. The van der Waals surface area contributed by atoms with E-state index in [1.807, 2.05) is 18.2 Å². The number of nitrogens with zero attached hydrogens (tertiary/aromatic N) is 3. The second-order valence-corrected chi connectivity index (χ2v) is 3.29. The Morgan fingerprint density at radius 3 is 2.53 bits per heavy atom. The van der Waals surface area contributed by atoms with Gasteiger partial charge >= 0.3 is 0 Å². The SMILES string of the molecule is O=[N+]([O-])c1ccc(/N=C/c2ccccn2)cc1. The summed E-state index contributed by atoms with van der Waals surface area (Å²) in [6.45, 7) is 0. The highest BCUT2D eigenvalue weighted by Gasteiger charge is 2.02. The number of non-ortho nitro benzene ring substituents is 1. The molecule has 2 rings (SSSR count). The average molecular weight is 227 g/mol. The standard InChI is InChI=1S/C12H9N3O2/c16-15(17)12-6-4-10(5-7-12)14-9-11-3-1-2-8-13-11/h1-9H/b14-9+. The summed E-state index contributed by atoms with van der Waals surface area (Å²) in [6, 6.07) is 11.5. The molecule has 0 saturated heterocycles.